The first-order chi connectivity index (χ1) is 8.35. The van der Waals surface area contributed by atoms with E-state index in [1.54, 1.807) is 11.1 Å². The zero-order chi connectivity index (χ0) is 12.5. The van der Waals surface area contributed by atoms with Crippen LogP contribution in [0.5, 0.6) is 0 Å². The Hall–Kier alpha value is -0.300. The van der Waals surface area contributed by atoms with Gasteiger partial charge in [0, 0.05) is 5.92 Å². The van der Waals surface area contributed by atoms with Crippen molar-refractivity contribution in [2.75, 3.05) is 6.61 Å². The summed E-state index contributed by atoms with van der Waals surface area (Å²) in [4.78, 5) is 0. The molecule has 1 aliphatic carbocycles. The quantitative estimate of drug-likeness (QED) is 0.403. The fourth-order valence-corrected chi connectivity index (χ4v) is 2.75. The molecule has 0 unspecified atom stereocenters. The molecule has 0 spiro atoms. The number of aliphatic hydroxyl groups excluding tert-OH is 1. The van der Waals surface area contributed by atoms with Gasteiger partial charge in [-0.2, -0.15) is 0 Å². The molecule has 1 heteroatoms. The summed E-state index contributed by atoms with van der Waals surface area (Å²) in [6.07, 6.45) is 13.3. The zero-order valence-corrected chi connectivity index (χ0v) is 11.8. The summed E-state index contributed by atoms with van der Waals surface area (Å²) >= 11 is 0. The summed E-state index contributed by atoms with van der Waals surface area (Å²) in [5.74, 6) is 0.498. The number of hydrogen-bond acceptors (Lipinski definition) is 1. The van der Waals surface area contributed by atoms with E-state index in [4.69, 9.17) is 0 Å². The van der Waals surface area contributed by atoms with Crippen molar-refractivity contribution in [3.05, 3.63) is 11.1 Å². The summed E-state index contributed by atoms with van der Waals surface area (Å²) in [5, 5.41) is 9.31. The SMILES string of the molecule is CCCCCCC1=C(CCCCCC)C1CO. The van der Waals surface area contributed by atoms with Gasteiger partial charge in [0.2, 0.25) is 0 Å². The molecule has 0 heterocycles. The number of aliphatic hydroxyl groups is 1. The van der Waals surface area contributed by atoms with Crippen LogP contribution in [0.3, 0.4) is 0 Å². The highest BCUT2D eigenvalue weighted by molar-refractivity contribution is 5.41. The van der Waals surface area contributed by atoms with Crippen LogP contribution < -0.4 is 0 Å². The maximum Gasteiger partial charge on any atom is 0.0534 e. The van der Waals surface area contributed by atoms with E-state index in [2.05, 4.69) is 13.8 Å². The van der Waals surface area contributed by atoms with Gasteiger partial charge >= 0.3 is 0 Å². The maximum atomic E-state index is 9.31. The molecule has 0 bridgehead atoms. The first-order valence-electron chi connectivity index (χ1n) is 7.67. The Kier molecular flexibility index (Phi) is 7.59. The van der Waals surface area contributed by atoms with E-state index in [0.29, 0.717) is 12.5 Å². The van der Waals surface area contributed by atoms with Gasteiger partial charge < -0.3 is 5.11 Å². The van der Waals surface area contributed by atoms with Crippen LogP contribution in [0.15, 0.2) is 11.1 Å². The highest BCUT2D eigenvalue weighted by Gasteiger charge is 2.33. The minimum absolute atomic E-state index is 0.367. The second-order valence-electron chi connectivity index (χ2n) is 5.41. The van der Waals surface area contributed by atoms with E-state index in [1.165, 1.54) is 64.2 Å². The molecule has 0 atom stereocenters. The molecule has 1 rings (SSSR count). The minimum atomic E-state index is 0.367. The van der Waals surface area contributed by atoms with Gasteiger partial charge in [-0.05, 0) is 25.7 Å². The maximum absolute atomic E-state index is 9.31. The highest BCUT2D eigenvalue weighted by Crippen LogP contribution is 2.45. The Balaban J connectivity index is 2.13. The molecular formula is C16H30O. The van der Waals surface area contributed by atoms with Crippen LogP contribution in [-0.2, 0) is 0 Å². The average molecular weight is 238 g/mol. The van der Waals surface area contributed by atoms with Crippen molar-refractivity contribution in [3.63, 3.8) is 0 Å². The van der Waals surface area contributed by atoms with Gasteiger partial charge in [-0.1, -0.05) is 63.5 Å². The fraction of sp³-hybridized carbons (Fsp3) is 0.875. The molecule has 0 radical (unpaired) electrons. The molecular weight excluding hydrogens is 208 g/mol. The summed E-state index contributed by atoms with van der Waals surface area (Å²) in [6, 6.07) is 0. The molecule has 100 valence electrons. The van der Waals surface area contributed by atoms with Crippen LogP contribution in [0.1, 0.15) is 78.1 Å². The third-order valence-corrected chi connectivity index (χ3v) is 3.95. The van der Waals surface area contributed by atoms with Crippen molar-refractivity contribution in [1.82, 2.24) is 0 Å². The summed E-state index contributed by atoms with van der Waals surface area (Å²) in [7, 11) is 0. The third-order valence-electron chi connectivity index (χ3n) is 3.95. The summed E-state index contributed by atoms with van der Waals surface area (Å²) < 4.78 is 0. The van der Waals surface area contributed by atoms with E-state index >= 15 is 0 Å². The van der Waals surface area contributed by atoms with Crippen LogP contribution in [-0.4, -0.2) is 11.7 Å². The van der Waals surface area contributed by atoms with E-state index in [1.807, 2.05) is 0 Å². The largest absolute Gasteiger partial charge is 0.395 e. The molecule has 0 aromatic rings. The molecule has 0 aliphatic heterocycles. The standard InChI is InChI=1S/C16H30O/c1-3-5-7-9-11-14-15(16(14)13-17)12-10-8-6-4-2/h16-17H,3-13H2,1-2H3. The van der Waals surface area contributed by atoms with Crippen LogP contribution in [0.25, 0.3) is 0 Å². The molecule has 0 fully saturated rings. The molecule has 1 nitrogen and oxygen atoms in total. The van der Waals surface area contributed by atoms with Crippen molar-refractivity contribution in [3.8, 4) is 0 Å². The molecule has 0 aromatic heterocycles. The van der Waals surface area contributed by atoms with E-state index in [0.717, 1.165) is 0 Å². The number of hydrogen-bond donors (Lipinski definition) is 1. The first-order valence-corrected chi connectivity index (χ1v) is 7.67. The second kappa shape index (κ2) is 8.74. The Morgan fingerprint density at radius 2 is 1.24 bits per heavy atom. The summed E-state index contributed by atoms with van der Waals surface area (Å²) in [5.41, 5.74) is 3.22. The smallest absolute Gasteiger partial charge is 0.0534 e. The van der Waals surface area contributed by atoms with Crippen molar-refractivity contribution in [2.24, 2.45) is 5.92 Å². The van der Waals surface area contributed by atoms with Crippen LogP contribution in [0.2, 0.25) is 0 Å². The monoisotopic (exact) mass is 238 g/mol. The Morgan fingerprint density at radius 3 is 1.59 bits per heavy atom. The molecule has 1 aliphatic rings. The number of unbranched alkanes of at least 4 members (excludes halogenated alkanes) is 6. The van der Waals surface area contributed by atoms with Gasteiger partial charge in [-0.15, -0.1) is 0 Å². The first kappa shape index (κ1) is 14.8. The van der Waals surface area contributed by atoms with Crippen LogP contribution in [0.4, 0.5) is 0 Å². The molecule has 0 amide bonds. The van der Waals surface area contributed by atoms with Crippen molar-refractivity contribution >= 4 is 0 Å². The van der Waals surface area contributed by atoms with Gasteiger partial charge in [0.05, 0.1) is 6.61 Å². The normalized spacial score (nSPS) is 15.7. The van der Waals surface area contributed by atoms with Gasteiger partial charge in [-0.3, -0.25) is 0 Å². The van der Waals surface area contributed by atoms with Crippen molar-refractivity contribution in [1.29, 1.82) is 0 Å². The molecule has 1 N–H and O–H groups in total. The number of rotatable bonds is 11. The van der Waals surface area contributed by atoms with E-state index < -0.39 is 0 Å². The summed E-state index contributed by atoms with van der Waals surface area (Å²) in [6.45, 7) is 4.88. The third kappa shape index (κ3) is 5.25. The molecule has 0 saturated heterocycles. The van der Waals surface area contributed by atoms with Gasteiger partial charge in [-0.25, -0.2) is 0 Å². The lowest BCUT2D eigenvalue weighted by Gasteiger charge is -1.97. The van der Waals surface area contributed by atoms with Crippen molar-refractivity contribution in [2.45, 2.75) is 78.1 Å². The fourth-order valence-electron chi connectivity index (χ4n) is 2.75. The highest BCUT2D eigenvalue weighted by atomic mass is 16.3. The second-order valence-corrected chi connectivity index (χ2v) is 5.41. The van der Waals surface area contributed by atoms with E-state index in [-0.39, 0.29) is 0 Å². The zero-order valence-electron chi connectivity index (χ0n) is 11.8. The van der Waals surface area contributed by atoms with Gasteiger partial charge in [0.1, 0.15) is 0 Å². The average Bonchev–Trinajstić information content (AvgIpc) is 3.02. The van der Waals surface area contributed by atoms with Gasteiger partial charge in [0.25, 0.3) is 0 Å². The topological polar surface area (TPSA) is 20.2 Å². The van der Waals surface area contributed by atoms with Crippen LogP contribution in [0, 0.1) is 5.92 Å². The predicted octanol–water partition coefficient (Wildman–Crippen LogP) is 4.85. The van der Waals surface area contributed by atoms with Gasteiger partial charge in [0.15, 0.2) is 0 Å². The molecule has 0 aromatic carbocycles. The Labute approximate surface area is 107 Å². The lowest BCUT2D eigenvalue weighted by atomic mass is 10.1. The Morgan fingerprint density at radius 1 is 0.765 bits per heavy atom. The lowest BCUT2D eigenvalue weighted by molar-refractivity contribution is 0.278. The molecule has 17 heavy (non-hydrogen) atoms. The lowest BCUT2D eigenvalue weighted by Crippen LogP contribution is -1.91. The predicted molar refractivity (Wildman–Crippen MR) is 75.1 cm³/mol. The molecule has 0 saturated carbocycles. The van der Waals surface area contributed by atoms with Crippen LogP contribution >= 0.6 is 0 Å². The Bertz CT molecular complexity index is 208. The minimum Gasteiger partial charge on any atom is -0.395 e. The van der Waals surface area contributed by atoms with Crippen molar-refractivity contribution < 1.29 is 5.11 Å². The van der Waals surface area contributed by atoms with E-state index in [9.17, 15) is 5.11 Å².